The van der Waals surface area contributed by atoms with Crippen molar-refractivity contribution in [3.8, 4) is 0 Å². The van der Waals surface area contributed by atoms with Crippen LogP contribution in [0.15, 0.2) is 0 Å². The second kappa shape index (κ2) is 6.75. The van der Waals surface area contributed by atoms with Crippen LogP contribution in [-0.4, -0.2) is 77.6 Å². The molecular formula is C13H25N3O3. The molecule has 0 aromatic heterocycles. The number of carbonyl (C=O) groups is 2. The molecule has 0 bridgehead atoms. The molecule has 1 N–H and O–H groups in total. The fourth-order valence-corrected chi connectivity index (χ4v) is 2.19. The molecule has 19 heavy (non-hydrogen) atoms. The van der Waals surface area contributed by atoms with E-state index in [0.29, 0.717) is 19.0 Å². The molecule has 0 aromatic carbocycles. The zero-order valence-corrected chi connectivity index (χ0v) is 12.3. The Balaban J connectivity index is 2.46. The van der Waals surface area contributed by atoms with E-state index in [4.69, 9.17) is 5.11 Å². The average Bonchev–Trinajstić information content (AvgIpc) is 2.36. The Bertz CT molecular complexity index is 325. The molecule has 1 rings (SSSR count). The fraction of sp³-hybridized carbons (Fsp3) is 0.846. The smallest absolute Gasteiger partial charge is 0.326 e. The molecule has 1 fully saturated rings. The SMILES string of the molecule is CC(C)CN1CCN(C(=O)N(C)C(C)C(=O)O)CC1. The van der Waals surface area contributed by atoms with Crippen LogP contribution in [0.25, 0.3) is 0 Å². The van der Waals surface area contributed by atoms with E-state index in [0.717, 1.165) is 19.6 Å². The summed E-state index contributed by atoms with van der Waals surface area (Å²) in [6.45, 7) is 9.99. The van der Waals surface area contributed by atoms with Gasteiger partial charge in [0.15, 0.2) is 0 Å². The highest BCUT2D eigenvalue weighted by atomic mass is 16.4. The molecule has 0 aliphatic carbocycles. The maximum absolute atomic E-state index is 12.1. The standard InChI is InChI=1S/C13H25N3O3/c1-10(2)9-15-5-7-16(8-6-15)13(19)14(4)11(3)12(17)18/h10-11H,5-9H2,1-4H3,(H,17,18). The van der Waals surface area contributed by atoms with Crippen molar-refractivity contribution < 1.29 is 14.7 Å². The molecule has 2 amide bonds. The highest BCUT2D eigenvalue weighted by Gasteiger charge is 2.28. The maximum Gasteiger partial charge on any atom is 0.326 e. The van der Waals surface area contributed by atoms with Gasteiger partial charge in [-0.1, -0.05) is 13.8 Å². The molecule has 6 heteroatoms. The van der Waals surface area contributed by atoms with Gasteiger partial charge >= 0.3 is 12.0 Å². The third-order valence-electron chi connectivity index (χ3n) is 3.51. The second-order valence-electron chi connectivity index (χ2n) is 5.59. The average molecular weight is 271 g/mol. The molecule has 1 unspecified atom stereocenters. The Hall–Kier alpha value is -1.30. The van der Waals surface area contributed by atoms with Crippen molar-refractivity contribution in [2.24, 2.45) is 5.92 Å². The fourth-order valence-electron chi connectivity index (χ4n) is 2.19. The number of rotatable bonds is 4. The van der Waals surface area contributed by atoms with E-state index in [1.807, 2.05) is 0 Å². The second-order valence-corrected chi connectivity index (χ2v) is 5.59. The Morgan fingerprint density at radius 1 is 1.16 bits per heavy atom. The minimum Gasteiger partial charge on any atom is -0.480 e. The van der Waals surface area contributed by atoms with Crippen LogP contribution in [0, 0.1) is 5.92 Å². The Morgan fingerprint density at radius 3 is 2.11 bits per heavy atom. The van der Waals surface area contributed by atoms with Crippen LogP contribution < -0.4 is 0 Å². The van der Waals surface area contributed by atoms with Crippen molar-refractivity contribution in [1.82, 2.24) is 14.7 Å². The number of carboxylic acids is 1. The van der Waals surface area contributed by atoms with Crippen molar-refractivity contribution in [2.45, 2.75) is 26.8 Å². The van der Waals surface area contributed by atoms with Gasteiger partial charge < -0.3 is 14.9 Å². The van der Waals surface area contributed by atoms with Gasteiger partial charge in [-0.25, -0.2) is 9.59 Å². The summed E-state index contributed by atoms with van der Waals surface area (Å²) in [5, 5.41) is 8.92. The lowest BCUT2D eigenvalue weighted by Gasteiger charge is -2.38. The lowest BCUT2D eigenvalue weighted by Crippen LogP contribution is -2.54. The van der Waals surface area contributed by atoms with Crippen LogP contribution in [0.4, 0.5) is 4.79 Å². The first-order chi connectivity index (χ1) is 8.82. The summed E-state index contributed by atoms with van der Waals surface area (Å²) >= 11 is 0. The quantitative estimate of drug-likeness (QED) is 0.821. The van der Waals surface area contributed by atoms with E-state index in [9.17, 15) is 9.59 Å². The van der Waals surface area contributed by atoms with Gasteiger partial charge in [-0.3, -0.25) is 4.90 Å². The van der Waals surface area contributed by atoms with E-state index in [-0.39, 0.29) is 6.03 Å². The third-order valence-corrected chi connectivity index (χ3v) is 3.51. The van der Waals surface area contributed by atoms with Crippen molar-refractivity contribution in [3.05, 3.63) is 0 Å². The van der Waals surface area contributed by atoms with Crippen molar-refractivity contribution in [2.75, 3.05) is 39.8 Å². The van der Waals surface area contributed by atoms with E-state index >= 15 is 0 Å². The Morgan fingerprint density at radius 2 is 1.68 bits per heavy atom. The molecule has 0 radical (unpaired) electrons. The number of piperazine rings is 1. The van der Waals surface area contributed by atoms with E-state index < -0.39 is 12.0 Å². The number of hydrogen-bond donors (Lipinski definition) is 1. The number of urea groups is 1. The highest BCUT2D eigenvalue weighted by Crippen LogP contribution is 2.09. The summed E-state index contributed by atoms with van der Waals surface area (Å²) in [5.41, 5.74) is 0. The number of carboxylic acid groups (broad SMARTS) is 1. The molecule has 0 aromatic rings. The normalized spacial score (nSPS) is 18.5. The number of aliphatic carboxylic acids is 1. The number of hydrogen-bond acceptors (Lipinski definition) is 3. The van der Waals surface area contributed by atoms with Crippen LogP contribution in [0.2, 0.25) is 0 Å². The summed E-state index contributed by atoms with van der Waals surface area (Å²) in [4.78, 5) is 28.4. The monoisotopic (exact) mass is 271 g/mol. The highest BCUT2D eigenvalue weighted by molar-refractivity contribution is 5.82. The molecule has 0 spiro atoms. The summed E-state index contributed by atoms with van der Waals surface area (Å²) < 4.78 is 0. The molecule has 6 nitrogen and oxygen atoms in total. The van der Waals surface area contributed by atoms with Gasteiger partial charge in [0.05, 0.1) is 0 Å². The largest absolute Gasteiger partial charge is 0.480 e. The van der Waals surface area contributed by atoms with Gasteiger partial charge in [-0.15, -0.1) is 0 Å². The third kappa shape index (κ3) is 4.38. The molecule has 1 aliphatic rings. The summed E-state index contributed by atoms with van der Waals surface area (Å²) in [6.07, 6.45) is 0. The van der Waals surface area contributed by atoms with Gasteiger partial charge in [-0.05, 0) is 12.8 Å². The van der Waals surface area contributed by atoms with Crippen molar-refractivity contribution in [1.29, 1.82) is 0 Å². The number of carbonyl (C=O) groups excluding carboxylic acids is 1. The number of amides is 2. The minimum absolute atomic E-state index is 0.195. The molecular weight excluding hydrogens is 246 g/mol. The molecule has 110 valence electrons. The van der Waals surface area contributed by atoms with Crippen molar-refractivity contribution >= 4 is 12.0 Å². The van der Waals surface area contributed by atoms with Crippen LogP contribution in [-0.2, 0) is 4.79 Å². The zero-order chi connectivity index (χ0) is 14.6. The predicted molar refractivity (Wildman–Crippen MR) is 73.1 cm³/mol. The molecule has 1 saturated heterocycles. The number of nitrogens with zero attached hydrogens (tertiary/aromatic N) is 3. The van der Waals surface area contributed by atoms with Crippen LogP contribution in [0.5, 0.6) is 0 Å². The lowest BCUT2D eigenvalue weighted by atomic mass is 10.2. The van der Waals surface area contributed by atoms with E-state index in [1.165, 1.54) is 11.8 Å². The Kier molecular flexibility index (Phi) is 5.60. The minimum atomic E-state index is -0.978. The van der Waals surface area contributed by atoms with Gasteiger partial charge in [-0.2, -0.15) is 0 Å². The van der Waals surface area contributed by atoms with Gasteiger partial charge in [0.25, 0.3) is 0 Å². The first-order valence-corrected chi connectivity index (χ1v) is 6.79. The zero-order valence-electron chi connectivity index (χ0n) is 12.3. The van der Waals surface area contributed by atoms with Crippen LogP contribution in [0.3, 0.4) is 0 Å². The van der Waals surface area contributed by atoms with Crippen LogP contribution in [0.1, 0.15) is 20.8 Å². The van der Waals surface area contributed by atoms with E-state index in [2.05, 4.69) is 18.7 Å². The topological polar surface area (TPSA) is 64.1 Å². The molecule has 1 heterocycles. The van der Waals surface area contributed by atoms with Crippen LogP contribution >= 0.6 is 0 Å². The first-order valence-electron chi connectivity index (χ1n) is 6.79. The first kappa shape index (κ1) is 15.8. The molecule has 1 atom stereocenters. The van der Waals surface area contributed by atoms with Gasteiger partial charge in [0.1, 0.15) is 6.04 Å². The molecule has 1 aliphatic heterocycles. The summed E-state index contributed by atoms with van der Waals surface area (Å²) in [7, 11) is 1.54. The van der Waals surface area contributed by atoms with Gasteiger partial charge in [0.2, 0.25) is 0 Å². The maximum atomic E-state index is 12.1. The summed E-state index contributed by atoms with van der Waals surface area (Å²) in [6, 6.07) is -0.986. The number of likely N-dealkylation sites (N-methyl/N-ethyl adjacent to an activating group) is 1. The van der Waals surface area contributed by atoms with Crippen molar-refractivity contribution in [3.63, 3.8) is 0 Å². The predicted octanol–water partition coefficient (Wildman–Crippen LogP) is 0.785. The van der Waals surface area contributed by atoms with Gasteiger partial charge in [0, 0.05) is 39.8 Å². The van der Waals surface area contributed by atoms with E-state index in [1.54, 1.807) is 11.9 Å². The summed E-state index contributed by atoms with van der Waals surface area (Å²) in [5.74, 6) is -0.355. The Labute approximate surface area is 115 Å². The molecule has 0 saturated carbocycles. The lowest BCUT2D eigenvalue weighted by molar-refractivity contribution is -0.141.